The van der Waals surface area contributed by atoms with Gasteiger partial charge < -0.3 is 49.1 Å². The van der Waals surface area contributed by atoms with Crippen molar-refractivity contribution in [1.82, 2.24) is 16.0 Å². The summed E-state index contributed by atoms with van der Waals surface area (Å²) in [6, 6.07) is -4.66. The number of nitrogens with zero attached hydrogens (tertiary/aromatic N) is 1. The van der Waals surface area contributed by atoms with Crippen molar-refractivity contribution in [3.63, 3.8) is 0 Å². The highest BCUT2D eigenvalue weighted by molar-refractivity contribution is 7.80. The summed E-state index contributed by atoms with van der Waals surface area (Å²) in [5, 5.41) is 25.4. The number of thiol groups is 1. The van der Waals surface area contributed by atoms with Gasteiger partial charge in [0.15, 0.2) is 5.96 Å². The number of rotatable bonds is 17. The first kappa shape index (κ1) is 30.4. The molecule has 0 aliphatic heterocycles. The van der Waals surface area contributed by atoms with Crippen LogP contribution in [0.25, 0.3) is 0 Å². The molecule has 0 fully saturated rings. The van der Waals surface area contributed by atoms with Gasteiger partial charge in [0.05, 0.1) is 12.6 Å². The molecule has 0 aliphatic rings. The molecule has 0 saturated carbocycles. The molecule has 0 aliphatic carbocycles. The summed E-state index contributed by atoms with van der Waals surface area (Å²) in [4.78, 5) is 52.6. The molecule has 0 heterocycles. The van der Waals surface area contributed by atoms with E-state index in [4.69, 9.17) is 33.1 Å². The number of carboxylic acid groups (broad SMARTS) is 1. The monoisotopic (exact) mass is 492 g/mol. The number of aliphatic hydroxyl groups is 1. The number of aliphatic carboxylic acids is 1. The van der Waals surface area contributed by atoms with Gasteiger partial charge >= 0.3 is 5.97 Å². The lowest BCUT2D eigenvalue weighted by Crippen LogP contribution is -2.57. The average molecular weight is 493 g/mol. The number of guanidine groups is 1. The first-order valence-corrected chi connectivity index (χ1v) is 11.1. The fourth-order valence-electron chi connectivity index (χ4n) is 2.63. The largest absolute Gasteiger partial charge is 0.480 e. The Bertz CT molecular complexity index is 676. The highest BCUT2D eigenvalue weighted by Gasteiger charge is 2.29. The maximum absolute atomic E-state index is 12.9. The number of nitrogens with one attached hydrogen (secondary N) is 3. The summed E-state index contributed by atoms with van der Waals surface area (Å²) in [7, 11) is 0. The number of carbonyl (C=O) groups is 4. The molecule has 33 heavy (non-hydrogen) atoms. The Morgan fingerprint density at radius 1 is 0.879 bits per heavy atom. The van der Waals surface area contributed by atoms with Crippen molar-refractivity contribution < 1.29 is 29.4 Å². The molecule has 0 saturated heterocycles. The van der Waals surface area contributed by atoms with E-state index in [0.717, 1.165) is 0 Å². The van der Waals surface area contributed by atoms with Crippen molar-refractivity contribution in [2.75, 3.05) is 25.4 Å². The number of hydrogen-bond donors (Lipinski definition) is 10. The fourth-order valence-corrected chi connectivity index (χ4v) is 2.79. The lowest BCUT2D eigenvalue weighted by molar-refractivity contribution is -0.143. The van der Waals surface area contributed by atoms with Crippen molar-refractivity contribution in [3.05, 3.63) is 0 Å². The van der Waals surface area contributed by atoms with E-state index in [1.165, 1.54) is 0 Å². The number of hydrogen-bond acceptors (Lipinski definition) is 9. The van der Waals surface area contributed by atoms with Crippen molar-refractivity contribution in [3.8, 4) is 0 Å². The molecule has 0 aromatic heterocycles. The Morgan fingerprint density at radius 2 is 1.39 bits per heavy atom. The van der Waals surface area contributed by atoms with Gasteiger partial charge in [0.25, 0.3) is 0 Å². The van der Waals surface area contributed by atoms with Gasteiger partial charge in [-0.25, -0.2) is 4.79 Å². The van der Waals surface area contributed by atoms with Gasteiger partial charge in [-0.15, -0.1) is 0 Å². The molecular weight excluding hydrogens is 456 g/mol. The van der Waals surface area contributed by atoms with E-state index >= 15 is 0 Å². The third-order valence-electron chi connectivity index (χ3n) is 4.49. The van der Waals surface area contributed by atoms with Crippen LogP contribution in [0.15, 0.2) is 4.99 Å². The first-order chi connectivity index (χ1) is 15.6. The zero-order valence-electron chi connectivity index (χ0n) is 18.4. The third kappa shape index (κ3) is 12.9. The predicted molar refractivity (Wildman–Crippen MR) is 125 cm³/mol. The van der Waals surface area contributed by atoms with Crippen molar-refractivity contribution in [1.29, 1.82) is 0 Å². The van der Waals surface area contributed by atoms with Crippen LogP contribution in [-0.2, 0) is 19.2 Å². The summed E-state index contributed by atoms with van der Waals surface area (Å²) in [6.45, 7) is -0.279. The maximum Gasteiger partial charge on any atom is 0.328 e. The fraction of sp³-hybridized carbons (Fsp3) is 0.722. The maximum atomic E-state index is 12.9. The van der Waals surface area contributed by atoms with Crippen molar-refractivity contribution in [2.24, 2.45) is 27.9 Å². The number of amides is 3. The van der Waals surface area contributed by atoms with Gasteiger partial charge in [0, 0.05) is 12.3 Å². The molecule has 13 N–H and O–H groups in total. The Balaban J connectivity index is 5.46. The number of unbranched alkanes of at least 4 members (excludes halogenated alkanes) is 1. The summed E-state index contributed by atoms with van der Waals surface area (Å²) in [5.41, 5.74) is 21.7. The van der Waals surface area contributed by atoms with E-state index in [0.29, 0.717) is 19.4 Å². The lowest BCUT2D eigenvalue weighted by atomic mass is 10.1. The molecule has 0 rings (SSSR count). The Hall–Kier alpha value is -2.62. The minimum absolute atomic E-state index is 0.0613. The van der Waals surface area contributed by atoms with Crippen molar-refractivity contribution in [2.45, 2.75) is 56.3 Å². The second-order valence-electron chi connectivity index (χ2n) is 7.23. The summed E-state index contributed by atoms with van der Waals surface area (Å²) in [5.74, 6) is -3.59. The van der Waals surface area contributed by atoms with Crippen LogP contribution in [0.2, 0.25) is 0 Å². The van der Waals surface area contributed by atoms with Gasteiger partial charge in [-0.05, 0) is 38.6 Å². The molecule has 0 radical (unpaired) electrons. The zero-order chi connectivity index (χ0) is 25.4. The molecule has 4 atom stereocenters. The topological polar surface area (TPSA) is 261 Å². The molecule has 14 nitrogen and oxygen atoms in total. The molecule has 15 heteroatoms. The smallest absolute Gasteiger partial charge is 0.328 e. The minimum Gasteiger partial charge on any atom is -0.480 e. The van der Waals surface area contributed by atoms with E-state index < -0.39 is 54.5 Å². The predicted octanol–water partition coefficient (Wildman–Crippen LogP) is -4.04. The summed E-state index contributed by atoms with van der Waals surface area (Å²) >= 11 is 3.96. The molecular formula is C18H36N8O6S. The van der Waals surface area contributed by atoms with E-state index in [1.54, 1.807) is 0 Å². The number of carbonyl (C=O) groups excluding carboxylic acids is 3. The molecule has 0 bridgehead atoms. The van der Waals surface area contributed by atoms with Crippen LogP contribution in [0.1, 0.15) is 32.1 Å². The van der Waals surface area contributed by atoms with Gasteiger partial charge in [0.2, 0.25) is 17.7 Å². The molecule has 3 amide bonds. The number of aliphatic hydroxyl groups excluding tert-OH is 1. The lowest BCUT2D eigenvalue weighted by Gasteiger charge is -2.25. The van der Waals surface area contributed by atoms with E-state index in [9.17, 15) is 19.2 Å². The molecule has 4 unspecified atom stereocenters. The van der Waals surface area contributed by atoms with E-state index in [-0.39, 0.29) is 37.5 Å². The second-order valence-corrected chi connectivity index (χ2v) is 7.59. The summed E-state index contributed by atoms with van der Waals surface area (Å²) < 4.78 is 0. The Morgan fingerprint density at radius 3 is 1.85 bits per heavy atom. The quantitative estimate of drug-likeness (QED) is 0.0406. The third-order valence-corrected chi connectivity index (χ3v) is 4.88. The molecule has 0 spiro atoms. The normalized spacial score (nSPS) is 14.3. The molecule has 0 aromatic rings. The van der Waals surface area contributed by atoms with Crippen LogP contribution in [0.5, 0.6) is 0 Å². The van der Waals surface area contributed by atoms with E-state index in [2.05, 4.69) is 33.6 Å². The Labute approximate surface area is 197 Å². The number of aliphatic imine (C=N–C) groups is 1. The van der Waals surface area contributed by atoms with Crippen LogP contribution in [0, 0.1) is 0 Å². The van der Waals surface area contributed by atoms with Crippen molar-refractivity contribution >= 4 is 42.3 Å². The van der Waals surface area contributed by atoms with Crippen LogP contribution in [-0.4, -0.2) is 89.5 Å². The van der Waals surface area contributed by atoms with Crippen LogP contribution < -0.4 is 38.9 Å². The highest BCUT2D eigenvalue weighted by atomic mass is 32.1. The SMILES string of the molecule is NCCCCC(NC(=O)C(N)CS)C(=O)NC(CCCN=C(N)N)C(=O)NC(CO)C(=O)O. The highest BCUT2D eigenvalue weighted by Crippen LogP contribution is 2.05. The Kier molecular flexibility index (Phi) is 15.6. The van der Waals surface area contributed by atoms with Crippen LogP contribution >= 0.6 is 12.6 Å². The van der Waals surface area contributed by atoms with Crippen LogP contribution in [0.3, 0.4) is 0 Å². The summed E-state index contributed by atoms with van der Waals surface area (Å²) in [6.07, 6.45) is 1.72. The average Bonchev–Trinajstić information content (AvgIpc) is 2.77. The standard InChI is InChI=1S/C18H36N8O6S/c19-6-2-1-4-11(24-14(28)10(20)9-33)15(29)25-12(5-3-7-23-18(21)22)16(30)26-13(8-27)17(31)32/h10-13,27,33H,1-9,19-20H2,(H,24,28)(H,25,29)(H,26,30)(H,31,32)(H4,21,22,23). The number of nitrogens with two attached hydrogens (primary N) is 4. The van der Waals surface area contributed by atoms with E-state index in [1.807, 2.05) is 0 Å². The van der Waals surface area contributed by atoms with Gasteiger partial charge in [-0.1, -0.05) is 0 Å². The minimum atomic E-state index is -1.55. The van der Waals surface area contributed by atoms with Gasteiger partial charge in [-0.2, -0.15) is 12.6 Å². The zero-order valence-corrected chi connectivity index (χ0v) is 19.3. The second kappa shape index (κ2) is 16.9. The molecule has 190 valence electrons. The first-order valence-electron chi connectivity index (χ1n) is 10.4. The molecule has 0 aromatic carbocycles. The van der Waals surface area contributed by atoms with Gasteiger partial charge in [-0.3, -0.25) is 19.4 Å². The van der Waals surface area contributed by atoms with Gasteiger partial charge in [0.1, 0.15) is 18.1 Å². The number of carboxylic acids is 1. The van der Waals surface area contributed by atoms with Crippen LogP contribution in [0.4, 0.5) is 0 Å².